The van der Waals surface area contributed by atoms with E-state index in [0.717, 1.165) is 30.5 Å². The van der Waals surface area contributed by atoms with Crippen LogP contribution in [-0.4, -0.2) is 4.98 Å². The molecule has 0 fully saturated rings. The Kier molecular flexibility index (Phi) is 2.71. The van der Waals surface area contributed by atoms with Crippen LogP contribution in [0, 0.1) is 3.57 Å². The highest BCUT2D eigenvalue weighted by Crippen LogP contribution is 2.42. The van der Waals surface area contributed by atoms with Crippen molar-refractivity contribution in [1.82, 2.24) is 4.98 Å². The van der Waals surface area contributed by atoms with Crippen LogP contribution in [0.3, 0.4) is 0 Å². The number of benzene rings is 1. The summed E-state index contributed by atoms with van der Waals surface area (Å²) in [6.07, 6.45) is 1.73. The molecule has 1 aromatic heterocycles. The molecule has 2 nitrogen and oxygen atoms in total. The van der Waals surface area contributed by atoms with Gasteiger partial charge in [0.25, 0.3) is 0 Å². The maximum absolute atomic E-state index is 5.76. The zero-order chi connectivity index (χ0) is 12.0. The Morgan fingerprint density at radius 2 is 2.06 bits per heavy atom. The first-order valence-corrected chi connectivity index (χ1v) is 6.85. The molecule has 0 spiro atoms. The van der Waals surface area contributed by atoms with Crippen molar-refractivity contribution in [3.63, 3.8) is 0 Å². The predicted molar refractivity (Wildman–Crippen MR) is 79.3 cm³/mol. The molecular weight excluding hydrogens is 393 g/mol. The van der Waals surface area contributed by atoms with Crippen molar-refractivity contribution < 1.29 is 4.74 Å². The molecule has 1 aliphatic heterocycles. The summed E-state index contributed by atoms with van der Waals surface area (Å²) in [6.45, 7) is 4.13. The van der Waals surface area contributed by atoms with Crippen molar-refractivity contribution in [3.05, 3.63) is 56.2 Å². The van der Waals surface area contributed by atoms with E-state index in [1.807, 2.05) is 18.2 Å². The van der Waals surface area contributed by atoms with E-state index in [1.54, 1.807) is 6.20 Å². The number of nitrogens with zero attached hydrogens (tertiary/aromatic N) is 1. The average molecular weight is 400 g/mol. The van der Waals surface area contributed by atoms with Crippen LogP contribution in [0.25, 0.3) is 5.57 Å². The first-order valence-electron chi connectivity index (χ1n) is 4.98. The lowest BCUT2D eigenvalue weighted by Crippen LogP contribution is -2.03. The Morgan fingerprint density at radius 3 is 2.88 bits per heavy atom. The predicted octanol–water partition coefficient (Wildman–Crippen LogP) is 4.62. The molecule has 3 rings (SSSR count). The van der Waals surface area contributed by atoms with Gasteiger partial charge in [0.05, 0.1) is 0 Å². The molecule has 0 N–H and O–H groups in total. The van der Waals surface area contributed by atoms with Crippen molar-refractivity contribution in [2.24, 2.45) is 0 Å². The number of hydrogen-bond acceptors (Lipinski definition) is 2. The van der Waals surface area contributed by atoms with Crippen LogP contribution in [0.4, 0.5) is 0 Å². The lowest BCUT2D eigenvalue weighted by molar-refractivity contribution is 0.454. The van der Waals surface area contributed by atoms with Crippen molar-refractivity contribution in [1.29, 1.82) is 0 Å². The molecule has 0 aliphatic carbocycles. The molecule has 0 radical (unpaired) electrons. The van der Waals surface area contributed by atoms with E-state index in [4.69, 9.17) is 4.74 Å². The Morgan fingerprint density at radius 1 is 1.24 bits per heavy atom. The Bertz CT molecular complexity index is 586. The van der Waals surface area contributed by atoms with Crippen molar-refractivity contribution in [2.45, 2.75) is 0 Å². The minimum Gasteiger partial charge on any atom is -0.438 e. The van der Waals surface area contributed by atoms with Crippen LogP contribution in [0.1, 0.15) is 11.1 Å². The lowest BCUT2D eigenvalue weighted by Gasteiger charge is -2.21. The third-order valence-corrected chi connectivity index (χ3v) is 3.72. The molecule has 0 atom stereocenters. The van der Waals surface area contributed by atoms with Gasteiger partial charge in [-0.2, -0.15) is 0 Å². The maximum atomic E-state index is 5.76. The van der Waals surface area contributed by atoms with Crippen LogP contribution in [0.2, 0.25) is 0 Å². The number of hydrogen-bond donors (Lipinski definition) is 0. The van der Waals surface area contributed by atoms with Gasteiger partial charge in [0.2, 0.25) is 5.88 Å². The van der Waals surface area contributed by atoms with Gasteiger partial charge in [-0.05, 0) is 68.4 Å². The van der Waals surface area contributed by atoms with Gasteiger partial charge in [-0.15, -0.1) is 0 Å². The van der Waals surface area contributed by atoms with Crippen LogP contribution in [0.15, 0.2) is 41.5 Å². The van der Waals surface area contributed by atoms with Gasteiger partial charge in [-0.3, -0.25) is 0 Å². The molecule has 1 aliphatic rings. The number of rotatable bonds is 0. The fourth-order valence-corrected chi connectivity index (χ4v) is 2.62. The largest absolute Gasteiger partial charge is 0.438 e. The monoisotopic (exact) mass is 399 g/mol. The molecule has 2 heterocycles. The van der Waals surface area contributed by atoms with Crippen molar-refractivity contribution in [3.8, 4) is 11.6 Å². The third-order valence-electron chi connectivity index (χ3n) is 2.62. The number of ether oxygens (including phenoxy) is 1. The fraction of sp³-hybridized carbons (Fsp3) is 0. The molecule has 0 amide bonds. The van der Waals surface area contributed by atoms with E-state index in [-0.39, 0.29) is 0 Å². The third kappa shape index (κ3) is 1.89. The van der Waals surface area contributed by atoms with E-state index < -0.39 is 0 Å². The average Bonchev–Trinajstić information content (AvgIpc) is 2.32. The molecule has 84 valence electrons. The fourth-order valence-electron chi connectivity index (χ4n) is 1.80. The van der Waals surface area contributed by atoms with Crippen LogP contribution in [-0.2, 0) is 0 Å². The quantitative estimate of drug-likeness (QED) is 0.515. The van der Waals surface area contributed by atoms with E-state index >= 15 is 0 Å². The van der Waals surface area contributed by atoms with Crippen LogP contribution in [0.5, 0.6) is 11.6 Å². The van der Waals surface area contributed by atoms with E-state index in [0.29, 0.717) is 5.88 Å². The Labute approximate surface area is 121 Å². The first-order chi connectivity index (χ1) is 8.15. The minimum absolute atomic E-state index is 0.618. The highest BCUT2D eigenvalue weighted by atomic mass is 127. The van der Waals surface area contributed by atoms with Gasteiger partial charge in [0, 0.05) is 25.4 Å². The van der Waals surface area contributed by atoms with Gasteiger partial charge in [-0.1, -0.05) is 6.58 Å². The summed E-state index contributed by atoms with van der Waals surface area (Å²) >= 11 is 5.69. The summed E-state index contributed by atoms with van der Waals surface area (Å²) in [6, 6.07) is 8.01. The van der Waals surface area contributed by atoms with Crippen molar-refractivity contribution >= 4 is 44.1 Å². The molecule has 0 unspecified atom stereocenters. The lowest BCUT2D eigenvalue weighted by atomic mass is 9.98. The highest BCUT2D eigenvalue weighted by molar-refractivity contribution is 14.1. The highest BCUT2D eigenvalue weighted by Gasteiger charge is 2.21. The summed E-state index contributed by atoms with van der Waals surface area (Å²) in [5, 5.41) is 0. The van der Waals surface area contributed by atoms with Crippen LogP contribution < -0.4 is 4.74 Å². The zero-order valence-electron chi connectivity index (χ0n) is 8.71. The van der Waals surface area contributed by atoms with Gasteiger partial charge >= 0.3 is 0 Å². The summed E-state index contributed by atoms with van der Waals surface area (Å²) in [5.41, 5.74) is 2.92. The van der Waals surface area contributed by atoms with Gasteiger partial charge < -0.3 is 4.74 Å². The standard InChI is InChI=1S/C13H7BrINO/c1-7-10-5-9(15)2-3-12(10)17-13-11(7)4-8(14)6-16-13/h2-6H,1H2. The number of pyridine rings is 1. The molecule has 4 heteroatoms. The number of fused-ring (bicyclic) bond motifs is 2. The Hall–Kier alpha value is -0.880. The zero-order valence-corrected chi connectivity index (χ0v) is 12.4. The molecule has 0 bridgehead atoms. The molecular formula is C13H7BrINO. The number of aromatic nitrogens is 1. The molecule has 1 aromatic carbocycles. The van der Waals surface area contributed by atoms with E-state index in [1.165, 1.54) is 0 Å². The first kappa shape index (κ1) is 11.2. The molecule has 0 saturated carbocycles. The molecule has 0 saturated heterocycles. The number of halogens is 2. The second kappa shape index (κ2) is 4.10. The maximum Gasteiger partial charge on any atom is 0.227 e. The van der Waals surface area contributed by atoms with Crippen LogP contribution >= 0.6 is 38.5 Å². The summed E-state index contributed by atoms with van der Waals surface area (Å²) in [4.78, 5) is 4.26. The second-order valence-corrected chi connectivity index (χ2v) is 5.89. The van der Waals surface area contributed by atoms with E-state index in [9.17, 15) is 0 Å². The van der Waals surface area contributed by atoms with Gasteiger partial charge in [-0.25, -0.2) is 4.98 Å². The smallest absolute Gasteiger partial charge is 0.227 e. The topological polar surface area (TPSA) is 22.1 Å². The summed E-state index contributed by atoms with van der Waals surface area (Å²) in [7, 11) is 0. The minimum atomic E-state index is 0.618. The van der Waals surface area contributed by atoms with Crippen molar-refractivity contribution in [2.75, 3.05) is 0 Å². The van der Waals surface area contributed by atoms with Gasteiger partial charge in [0.1, 0.15) is 5.75 Å². The molecule has 2 aromatic rings. The Balaban J connectivity index is 2.21. The SMILES string of the molecule is C=C1c2cc(I)ccc2Oc2ncc(Br)cc21. The van der Waals surface area contributed by atoms with E-state index in [2.05, 4.69) is 56.2 Å². The van der Waals surface area contributed by atoms with Gasteiger partial charge in [0.15, 0.2) is 0 Å². The normalized spacial score (nSPS) is 12.7. The second-order valence-electron chi connectivity index (χ2n) is 3.73. The molecule has 17 heavy (non-hydrogen) atoms. The summed E-state index contributed by atoms with van der Waals surface area (Å²) < 4.78 is 7.85. The summed E-state index contributed by atoms with van der Waals surface area (Å²) in [5.74, 6) is 1.43.